The Balaban J connectivity index is 2.31. The van der Waals surface area contributed by atoms with Gasteiger partial charge in [-0.15, -0.1) is 0 Å². The van der Waals surface area contributed by atoms with Gasteiger partial charge in [0, 0.05) is 12.1 Å². The molecule has 1 aromatic heterocycles. The molecule has 0 saturated carbocycles. The standard InChI is InChI=1S/C14H18FN3O/c1-3-4-7-18-9-17-13(14(18)16)10-5-6-12(19-2)11(15)8-10/h5-6,8-9H,3-4,7,16H2,1-2H3. The van der Waals surface area contributed by atoms with Gasteiger partial charge >= 0.3 is 0 Å². The molecule has 0 amide bonds. The summed E-state index contributed by atoms with van der Waals surface area (Å²) in [7, 11) is 1.44. The SMILES string of the molecule is CCCCn1cnc(-c2ccc(OC)c(F)c2)c1N. The number of nitrogens with two attached hydrogens (primary N) is 1. The first kappa shape index (κ1) is 13.4. The van der Waals surface area contributed by atoms with E-state index in [0.717, 1.165) is 19.4 Å². The lowest BCUT2D eigenvalue weighted by Gasteiger charge is -2.06. The molecule has 102 valence electrons. The number of nitrogen functional groups attached to an aromatic ring is 1. The maximum atomic E-state index is 13.7. The van der Waals surface area contributed by atoms with Crippen molar-refractivity contribution in [2.24, 2.45) is 0 Å². The number of ether oxygens (including phenoxy) is 1. The summed E-state index contributed by atoms with van der Waals surface area (Å²) in [4.78, 5) is 4.27. The van der Waals surface area contributed by atoms with Crippen molar-refractivity contribution in [2.75, 3.05) is 12.8 Å². The van der Waals surface area contributed by atoms with Crippen molar-refractivity contribution in [2.45, 2.75) is 26.3 Å². The summed E-state index contributed by atoms with van der Waals surface area (Å²) < 4.78 is 20.5. The van der Waals surface area contributed by atoms with Crippen LogP contribution in [-0.4, -0.2) is 16.7 Å². The molecule has 0 fully saturated rings. The van der Waals surface area contributed by atoms with Crippen molar-refractivity contribution in [3.63, 3.8) is 0 Å². The Labute approximate surface area is 112 Å². The summed E-state index contributed by atoms with van der Waals surface area (Å²) in [6, 6.07) is 4.72. The van der Waals surface area contributed by atoms with E-state index in [9.17, 15) is 4.39 Å². The number of aryl methyl sites for hydroxylation is 1. The molecule has 5 heteroatoms. The van der Waals surface area contributed by atoms with Crippen molar-refractivity contribution in [3.8, 4) is 17.0 Å². The van der Waals surface area contributed by atoms with Crippen LogP contribution in [0.1, 0.15) is 19.8 Å². The first-order valence-corrected chi connectivity index (χ1v) is 6.32. The van der Waals surface area contributed by atoms with E-state index in [-0.39, 0.29) is 5.75 Å². The highest BCUT2D eigenvalue weighted by Crippen LogP contribution is 2.28. The van der Waals surface area contributed by atoms with Crippen LogP contribution in [0.3, 0.4) is 0 Å². The Bertz CT molecular complexity index is 566. The third-order valence-corrected chi connectivity index (χ3v) is 3.06. The zero-order valence-electron chi connectivity index (χ0n) is 11.2. The first-order chi connectivity index (χ1) is 9.17. The van der Waals surface area contributed by atoms with Crippen molar-refractivity contribution in [1.82, 2.24) is 9.55 Å². The van der Waals surface area contributed by atoms with Gasteiger partial charge in [-0.1, -0.05) is 13.3 Å². The molecule has 2 N–H and O–H groups in total. The molecule has 1 aromatic carbocycles. The van der Waals surface area contributed by atoms with Gasteiger partial charge in [0.25, 0.3) is 0 Å². The molecule has 0 bridgehead atoms. The average Bonchev–Trinajstić information content (AvgIpc) is 2.77. The molecule has 2 aromatic rings. The van der Waals surface area contributed by atoms with Crippen LogP contribution in [0.4, 0.5) is 10.2 Å². The van der Waals surface area contributed by atoms with E-state index in [1.165, 1.54) is 13.2 Å². The minimum atomic E-state index is -0.414. The van der Waals surface area contributed by atoms with Gasteiger partial charge < -0.3 is 15.0 Å². The molecule has 0 aliphatic rings. The Morgan fingerprint density at radius 3 is 2.84 bits per heavy atom. The first-order valence-electron chi connectivity index (χ1n) is 6.32. The molecule has 0 saturated heterocycles. The summed E-state index contributed by atoms with van der Waals surface area (Å²) in [5, 5.41) is 0. The zero-order valence-corrected chi connectivity index (χ0v) is 11.2. The topological polar surface area (TPSA) is 53.1 Å². The normalized spacial score (nSPS) is 10.7. The largest absolute Gasteiger partial charge is 0.494 e. The minimum absolute atomic E-state index is 0.215. The monoisotopic (exact) mass is 263 g/mol. The number of anilines is 1. The number of benzene rings is 1. The van der Waals surface area contributed by atoms with E-state index in [4.69, 9.17) is 10.5 Å². The van der Waals surface area contributed by atoms with Crippen LogP contribution < -0.4 is 10.5 Å². The highest BCUT2D eigenvalue weighted by atomic mass is 19.1. The second-order valence-electron chi connectivity index (χ2n) is 4.37. The maximum absolute atomic E-state index is 13.7. The number of methoxy groups -OCH3 is 1. The van der Waals surface area contributed by atoms with Crippen molar-refractivity contribution in [1.29, 1.82) is 0 Å². The molecule has 1 heterocycles. The molecule has 0 aliphatic heterocycles. The van der Waals surface area contributed by atoms with Crippen LogP contribution in [0.15, 0.2) is 24.5 Å². The Kier molecular flexibility index (Phi) is 4.04. The van der Waals surface area contributed by atoms with Crippen LogP contribution in [0.5, 0.6) is 5.75 Å². The molecule has 4 nitrogen and oxygen atoms in total. The van der Waals surface area contributed by atoms with E-state index in [2.05, 4.69) is 11.9 Å². The Hall–Kier alpha value is -2.04. The van der Waals surface area contributed by atoms with Crippen molar-refractivity contribution in [3.05, 3.63) is 30.3 Å². The summed E-state index contributed by atoms with van der Waals surface area (Å²) >= 11 is 0. The Morgan fingerprint density at radius 2 is 2.21 bits per heavy atom. The fourth-order valence-electron chi connectivity index (χ4n) is 1.93. The minimum Gasteiger partial charge on any atom is -0.494 e. The lowest BCUT2D eigenvalue weighted by atomic mass is 10.1. The number of halogens is 1. The van der Waals surface area contributed by atoms with E-state index in [1.54, 1.807) is 18.5 Å². The van der Waals surface area contributed by atoms with E-state index < -0.39 is 5.82 Å². The molecule has 0 radical (unpaired) electrons. The quantitative estimate of drug-likeness (QED) is 0.902. The molecule has 0 aliphatic carbocycles. The van der Waals surface area contributed by atoms with Gasteiger partial charge in [0.15, 0.2) is 11.6 Å². The molecule has 0 atom stereocenters. The van der Waals surface area contributed by atoms with Crippen LogP contribution in [0.2, 0.25) is 0 Å². The lowest BCUT2D eigenvalue weighted by molar-refractivity contribution is 0.386. The fourth-order valence-corrected chi connectivity index (χ4v) is 1.93. The molecular formula is C14H18FN3O. The van der Waals surface area contributed by atoms with Gasteiger partial charge in [0.2, 0.25) is 0 Å². The smallest absolute Gasteiger partial charge is 0.165 e. The number of imidazole rings is 1. The molecule has 0 unspecified atom stereocenters. The maximum Gasteiger partial charge on any atom is 0.165 e. The van der Waals surface area contributed by atoms with Gasteiger partial charge in [-0.05, 0) is 24.6 Å². The average molecular weight is 263 g/mol. The van der Waals surface area contributed by atoms with E-state index in [1.807, 2.05) is 4.57 Å². The third kappa shape index (κ3) is 2.70. The highest BCUT2D eigenvalue weighted by molar-refractivity contribution is 5.71. The molecule has 0 spiro atoms. The summed E-state index contributed by atoms with van der Waals surface area (Å²) in [6.45, 7) is 2.95. The molecular weight excluding hydrogens is 245 g/mol. The fraction of sp³-hybridized carbons (Fsp3) is 0.357. The van der Waals surface area contributed by atoms with Gasteiger partial charge in [0.1, 0.15) is 11.5 Å². The molecule has 2 rings (SSSR count). The predicted octanol–water partition coefficient (Wildman–Crippen LogP) is 3.08. The van der Waals surface area contributed by atoms with Gasteiger partial charge in [-0.25, -0.2) is 9.37 Å². The number of aromatic nitrogens is 2. The second-order valence-corrected chi connectivity index (χ2v) is 4.37. The zero-order chi connectivity index (χ0) is 13.8. The number of unbranched alkanes of at least 4 members (excludes halogenated alkanes) is 1. The number of nitrogens with zero attached hydrogens (tertiary/aromatic N) is 2. The van der Waals surface area contributed by atoms with Crippen LogP contribution >= 0.6 is 0 Å². The molecule has 19 heavy (non-hydrogen) atoms. The van der Waals surface area contributed by atoms with Crippen LogP contribution in [0.25, 0.3) is 11.3 Å². The Morgan fingerprint density at radius 1 is 1.42 bits per heavy atom. The van der Waals surface area contributed by atoms with Gasteiger partial charge in [-0.2, -0.15) is 0 Å². The van der Waals surface area contributed by atoms with Crippen molar-refractivity contribution < 1.29 is 9.13 Å². The lowest BCUT2D eigenvalue weighted by Crippen LogP contribution is -2.02. The summed E-state index contributed by atoms with van der Waals surface area (Å²) in [5.74, 6) is 0.369. The van der Waals surface area contributed by atoms with E-state index in [0.29, 0.717) is 17.1 Å². The van der Waals surface area contributed by atoms with Gasteiger partial charge in [-0.3, -0.25) is 0 Å². The summed E-state index contributed by atoms with van der Waals surface area (Å²) in [6.07, 6.45) is 3.82. The summed E-state index contributed by atoms with van der Waals surface area (Å²) in [5.41, 5.74) is 7.31. The van der Waals surface area contributed by atoms with Gasteiger partial charge in [0.05, 0.1) is 13.4 Å². The number of rotatable bonds is 5. The van der Waals surface area contributed by atoms with Crippen LogP contribution in [-0.2, 0) is 6.54 Å². The number of hydrogen-bond donors (Lipinski definition) is 1. The van der Waals surface area contributed by atoms with E-state index >= 15 is 0 Å². The number of hydrogen-bond acceptors (Lipinski definition) is 3. The predicted molar refractivity (Wildman–Crippen MR) is 73.5 cm³/mol. The van der Waals surface area contributed by atoms with Crippen molar-refractivity contribution >= 4 is 5.82 Å². The highest BCUT2D eigenvalue weighted by Gasteiger charge is 2.12. The second kappa shape index (κ2) is 5.73. The van der Waals surface area contributed by atoms with Crippen LogP contribution in [0, 0.1) is 5.82 Å². The third-order valence-electron chi connectivity index (χ3n) is 3.06.